The Hall–Kier alpha value is -0.880. The van der Waals surface area contributed by atoms with E-state index in [0.717, 1.165) is 0 Å². The largest absolute Gasteiger partial charge is 0.401 e. The molecule has 1 amide bonds. The zero-order valence-corrected chi connectivity index (χ0v) is 8.25. The third kappa shape index (κ3) is 4.64. The summed E-state index contributed by atoms with van der Waals surface area (Å²) in [4.78, 5) is 12.3. The Morgan fingerprint density at radius 1 is 1.85 bits per heavy atom. The first-order chi connectivity index (χ1) is 5.90. The van der Waals surface area contributed by atoms with Gasteiger partial charge in [-0.2, -0.15) is 8.78 Å². The van der Waals surface area contributed by atoms with Crippen molar-refractivity contribution in [3.63, 3.8) is 0 Å². The number of nitrogens with zero attached hydrogens (tertiary/aromatic N) is 3. The number of alkyl halides is 3. The van der Waals surface area contributed by atoms with Crippen molar-refractivity contribution in [2.45, 2.75) is 17.8 Å². The highest BCUT2D eigenvalue weighted by Gasteiger charge is 2.37. The number of azide groups is 1. The van der Waals surface area contributed by atoms with Gasteiger partial charge in [-0.25, -0.2) is 0 Å². The minimum atomic E-state index is -4.02. The summed E-state index contributed by atoms with van der Waals surface area (Å²) in [6, 6.07) is -4.02. The Kier molecular flexibility index (Phi) is 4.64. The van der Waals surface area contributed by atoms with Crippen molar-refractivity contribution in [2.24, 2.45) is 5.11 Å². The van der Waals surface area contributed by atoms with Crippen molar-refractivity contribution in [2.75, 3.05) is 6.54 Å². The van der Waals surface area contributed by atoms with Gasteiger partial charge >= 0.3 is 6.05 Å². The Morgan fingerprint density at radius 3 is 2.77 bits per heavy atom. The van der Waals surface area contributed by atoms with Gasteiger partial charge in [0.25, 0.3) is 5.91 Å². The average Bonchev–Trinajstić information content (AvgIpc) is 1.99. The fraction of sp³-hybridized carbons (Fsp3) is 0.800. The molecular formula is C5H7BrF2N4O. The summed E-state index contributed by atoms with van der Waals surface area (Å²) < 4.78 is 24.8. The first-order valence-electron chi connectivity index (χ1n) is 3.26. The molecule has 8 heteroatoms. The SMILES string of the molecule is CC(Br)CNC(=O)C(F)(F)N=[N+]=[N-]. The molecule has 0 rings (SSSR count). The molecule has 1 N–H and O–H groups in total. The fourth-order valence-corrected chi connectivity index (χ4v) is 0.603. The molecule has 0 aromatic heterocycles. The van der Waals surface area contributed by atoms with Gasteiger partial charge in [-0.05, 0) is 10.6 Å². The number of carbonyl (C=O) groups excluding carboxylic acids is 1. The third-order valence-electron chi connectivity index (χ3n) is 0.987. The van der Waals surface area contributed by atoms with E-state index in [1.165, 1.54) is 0 Å². The van der Waals surface area contributed by atoms with Crippen LogP contribution in [-0.2, 0) is 4.79 Å². The molecule has 0 aliphatic rings. The van der Waals surface area contributed by atoms with Crippen LogP contribution >= 0.6 is 15.9 Å². The molecule has 0 fully saturated rings. The van der Waals surface area contributed by atoms with Gasteiger partial charge in [0, 0.05) is 16.3 Å². The lowest BCUT2D eigenvalue weighted by Gasteiger charge is -2.10. The molecule has 0 aromatic rings. The molecule has 0 saturated heterocycles. The lowest BCUT2D eigenvalue weighted by Crippen LogP contribution is -2.40. The second-order valence-electron chi connectivity index (χ2n) is 2.22. The van der Waals surface area contributed by atoms with E-state index in [4.69, 9.17) is 5.53 Å². The summed E-state index contributed by atoms with van der Waals surface area (Å²) >= 11 is 3.05. The van der Waals surface area contributed by atoms with Gasteiger partial charge in [0.1, 0.15) is 0 Å². The molecule has 0 aromatic carbocycles. The molecule has 74 valence electrons. The monoisotopic (exact) mass is 256 g/mol. The highest BCUT2D eigenvalue weighted by Crippen LogP contribution is 2.15. The van der Waals surface area contributed by atoms with Gasteiger partial charge in [0.05, 0.1) is 0 Å². The number of hydrogen-bond donors (Lipinski definition) is 1. The predicted octanol–water partition coefficient (Wildman–Crippen LogP) is 1.79. The highest BCUT2D eigenvalue weighted by atomic mass is 79.9. The zero-order valence-electron chi connectivity index (χ0n) is 6.67. The number of amides is 1. The molecule has 0 spiro atoms. The summed E-state index contributed by atoms with van der Waals surface area (Å²) in [6.45, 7) is 1.71. The van der Waals surface area contributed by atoms with Gasteiger partial charge in [-0.3, -0.25) is 4.79 Å². The van der Waals surface area contributed by atoms with Crippen LogP contribution in [0.3, 0.4) is 0 Å². The maximum Gasteiger partial charge on any atom is 0.401 e. The van der Waals surface area contributed by atoms with E-state index >= 15 is 0 Å². The molecule has 0 bridgehead atoms. The highest BCUT2D eigenvalue weighted by molar-refractivity contribution is 9.09. The summed E-state index contributed by atoms with van der Waals surface area (Å²) in [7, 11) is 0. The Balaban J connectivity index is 4.17. The van der Waals surface area contributed by atoms with Crippen LogP contribution in [0.15, 0.2) is 5.11 Å². The maximum absolute atomic E-state index is 12.4. The maximum atomic E-state index is 12.4. The summed E-state index contributed by atoms with van der Waals surface area (Å²) in [5.41, 5.74) is 7.72. The molecule has 0 aliphatic carbocycles. The molecule has 5 nitrogen and oxygen atoms in total. The number of nitrogens with one attached hydrogen (secondary N) is 1. The van der Waals surface area contributed by atoms with Crippen molar-refractivity contribution in [1.82, 2.24) is 5.32 Å². The van der Waals surface area contributed by atoms with E-state index in [9.17, 15) is 13.6 Å². The van der Waals surface area contributed by atoms with Gasteiger partial charge in [-0.15, -0.1) is 0 Å². The van der Waals surface area contributed by atoms with E-state index in [2.05, 4.69) is 21.0 Å². The van der Waals surface area contributed by atoms with Crippen LogP contribution in [0.5, 0.6) is 0 Å². The van der Waals surface area contributed by atoms with Crippen LogP contribution < -0.4 is 5.32 Å². The smallest absolute Gasteiger partial charge is 0.350 e. The van der Waals surface area contributed by atoms with Crippen LogP contribution in [0.4, 0.5) is 8.78 Å². The van der Waals surface area contributed by atoms with Crippen molar-refractivity contribution in [1.29, 1.82) is 0 Å². The normalized spacial score (nSPS) is 12.9. The van der Waals surface area contributed by atoms with Crippen molar-refractivity contribution < 1.29 is 13.6 Å². The number of hydrogen-bond acceptors (Lipinski definition) is 2. The molecule has 1 unspecified atom stereocenters. The molecule has 1 atom stereocenters. The van der Waals surface area contributed by atoms with E-state index < -0.39 is 12.0 Å². The number of carbonyl (C=O) groups is 1. The lowest BCUT2D eigenvalue weighted by atomic mass is 10.4. The van der Waals surface area contributed by atoms with Gasteiger partial charge in [-0.1, -0.05) is 22.9 Å². The van der Waals surface area contributed by atoms with Crippen LogP contribution in [-0.4, -0.2) is 23.3 Å². The second kappa shape index (κ2) is 4.98. The van der Waals surface area contributed by atoms with Gasteiger partial charge in [0.2, 0.25) is 0 Å². The minimum Gasteiger partial charge on any atom is -0.350 e. The van der Waals surface area contributed by atoms with Crippen molar-refractivity contribution in [3.8, 4) is 0 Å². The Morgan fingerprint density at radius 2 is 2.38 bits per heavy atom. The van der Waals surface area contributed by atoms with Crippen LogP contribution in [0, 0.1) is 0 Å². The van der Waals surface area contributed by atoms with Crippen LogP contribution in [0.1, 0.15) is 6.92 Å². The van der Waals surface area contributed by atoms with E-state index in [0.29, 0.717) is 0 Å². The molecule has 13 heavy (non-hydrogen) atoms. The minimum absolute atomic E-state index is 0.0371. The first kappa shape index (κ1) is 12.1. The summed E-state index contributed by atoms with van der Waals surface area (Å²) in [5, 5.41) is 3.96. The Bertz CT molecular complexity index is 239. The van der Waals surface area contributed by atoms with E-state index in [1.807, 2.05) is 10.2 Å². The summed E-state index contributed by atoms with van der Waals surface area (Å²) in [5.74, 6) is -1.60. The topological polar surface area (TPSA) is 77.9 Å². The number of halogens is 3. The van der Waals surface area contributed by atoms with Crippen molar-refractivity contribution in [3.05, 3.63) is 10.4 Å². The average molecular weight is 257 g/mol. The van der Waals surface area contributed by atoms with E-state index in [-0.39, 0.29) is 11.4 Å². The molecule has 0 saturated carbocycles. The Labute approximate surface area is 81.2 Å². The molecular weight excluding hydrogens is 250 g/mol. The van der Waals surface area contributed by atoms with Gasteiger partial charge < -0.3 is 5.32 Å². The lowest BCUT2D eigenvalue weighted by molar-refractivity contribution is -0.144. The fourth-order valence-electron chi connectivity index (χ4n) is 0.441. The van der Waals surface area contributed by atoms with E-state index in [1.54, 1.807) is 6.92 Å². The van der Waals surface area contributed by atoms with Crippen LogP contribution in [0.25, 0.3) is 10.4 Å². The predicted molar refractivity (Wildman–Crippen MR) is 45.5 cm³/mol. The summed E-state index contributed by atoms with van der Waals surface area (Å²) in [6.07, 6.45) is 0. The van der Waals surface area contributed by atoms with Crippen LogP contribution in [0.2, 0.25) is 0 Å². The van der Waals surface area contributed by atoms with Crippen molar-refractivity contribution >= 4 is 21.8 Å². The third-order valence-corrected chi connectivity index (χ3v) is 1.31. The molecule has 0 aliphatic heterocycles. The zero-order chi connectivity index (χ0) is 10.5. The molecule has 0 radical (unpaired) electrons. The first-order valence-corrected chi connectivity index (χ1v) is 4.18. The standard InChI is InChI=1S/C5H7BrF2N4O/c1-3(6)2-10-4(13)5(7,8)11-12-9/h3H,2H2,1H3,(H,10,13). The quantitative estimate of drug-likeness (QED) is 0.269. The molecule has 0 heterocycles. The second-order valence-corrected chi connectivity index (χ2v) is 3.78. The van der Waals surface area contributed by atoms with Gasteiger partial charge in [0.15, 0.2) is 0 Å². The number of rotatable bonds is 4.